The summed E-state index contributed by atoms with van der Waals surface area (Å²) in [6.45, 7) is 3.43. The Labute approximate surface area is 286 Å². The maximum Gasteiger partial charge on any atom is 0.0491 e. The number of hydrogen-bond donors (Lipinski definition) is 0. The van der Waals surface area contributed by atoms with Crippen molar-refractivity contribution in [1.29, 1.82) is 0 Å². The molecule has 0 radical (unpaired) electrons. The van der Waals surface area contributed by atoms with E-state index in [1.54, 1.807) is 0 Å². The van der Waals surface area contributed by atoms with Gasteiger partial charge in [0.1, 0.15) is 0 Å². The van der Waals surface area contributed by atoms with Gasteiger partial charge in [0.05, 0.1) is 0 Å². The van der Waals surface area contributed by atoms with E-state index in [1.807, 2.05) is 0 Å². The average Bonchev–Trinajstić information content (AvgIpc) is 3.59. The van der Waals surface area contributed by atoms with E-state index in [0.717, 1.165) is 19.4 Å². The van der Waals surface area contributed by atoms with E-state index in [9.17, 15) is 0 Å². The molecule has 234 valence electrons. The first kappa shape index (κ1) is 28.2. The van der Waals surface area contributed by atoms with Crippen LogP contribution in [0.5, 0.6) is 0 Å². The lowest BCUT2D eigenvalue weighted by molar-refractivity contribution is 0.750. The van der Waals surface area contributed by atoms with Gasteiger partial charge in [0.25, 0.3) is 0 Å². The van der Waals surface area contributed by atoms with Gasteiger partial charge in [0, 0.05) is 45.6 Å². The number of rotatable bonds is 5. The molecule has 0 fully saturated rings. The molecular weight excluding hydrogens is 593 g/mol. The molecule has 0 amide bonds. The number of benzene rings is 8. The highest BCUT2D eigenvalue weighted by Gasteiger charge is 2.27. The molecule has 0 saturated carbocycles. The number of hydrogen-bond acceptors (Lipinski definition) is 2. The normalized spacial score (nSPS) is 15.7. The molecule has 0 bridgehead atoms. The summed E-state index contributed by atoms with van der Waals surface area (Å²) in [4.78, 5) is 4.99. The Morgan fingerprint density at radius 2 is 1.12 bits per heavy atom. The van der Waals surface area contributed by atoms with Gasteiger partial charge in [-0.3, -0.25) is 0 Å². The SMILES string of the molecule is CC1CC(N(c2ccccc2)c2ccccc2)=c2ccccc2=C1c1ccc2ccc3c(N4CCc5ccccc54)ccc4ccc1c2c43. The highest BCUT2D eigenvalue weighted by atomic mass is 15.2. The summed E-state index contributed by atoms with van der Waals surface area (Å²) in [6.07, 6.45) is 2.03. The van der Waals surface area contributed by atoms with E-state index >= 15 is 0 Å². The van der Waals surface area contributed by atoms with Gasteiger partial charge >= 0.3 is 0 Å². The maximum atomic E-state index is 2.53. The zero-order valence-corrected chi connectivity index (χ0v) is 27.6. The highest BCUT2D eigenvalue weighted by Crippen LogP contribution is 2.45. The van der Waals surface area contributed by atoms with Gasteiger partial charge < -0.3 is 9.80 Å². The number of para-hydroxylation sites is 3. The van der Waals surface area contributed by atoms with Crippen molar-refractivity contribution < 1.29 is 0 Å². The smallest absolute Gasteiger partial charge is 0.0491 e. The minimum absolute atomic E-state index is 0.315. The third-order valence-corrected chi connectivity index (χ3v) is 10.9. The number of anilines is 4. The zero-order chi connectivity index (χ0) is 32.5. The quantitative estimate of drug-likeness (QED) is 0.175. The topological polar surface area (TPSA) is 6.48 Å². The highest BCUT2D eigenvalue weighted by molar-refractivity contribution is 6.27. The van der Waals surface area contributed by atoms with Crippen LogP contribution < -0.4 is 20.2 Å². The van der Waals surface area contributed by atoms with Crippen molar-refractivity contribution in [3.05, 3.63) is 179 Å². The Morgan fingerprint density at radius 3 is 1.88 bits per heavy atom. The minimum atomic E-state index is 0.315. The van der Waals surface area contributed by atoms with Gasteiger partial charge in [-0.2, -0.15) is 0 Å². The van der Waals surface area contributed by atoms with Gasteiger partial charge in [-0.15, -0.1) is 0 Å². The summed E-state index contributed by atoms with van der Waals surface area (Å²) < 4.78 is 0. The molecule has 49 heavy (non-hydrogen) atoms. The van der Waals surface area contributed by atoms with Crippen molar-refractivity contribution in [2.45, 2.75) is 19.8 Å². The molecule has 2 nitrogen and oxygen atoms in total. The predicted octanol–water partition coefficient (Wildman–Crippen LogP) is 10.5. The van der Waals surface area contributed by atoms with Gasteiger partial charge in [-0.1, -0.05) is 128 Å². The van der Waals surface area contributed by atoms with Crippen LogP contribution >= 0.6 is 0 Å². The van der Waals surface area contributed by atoms with E-state index in [0.29, 0.717) is 5.92 Å². The second-order valence-corrected chi connectivity index (χ2v) is 13.7. The second kappa shape index (κ2) is 11.1. The third-order valence-electron chi connectivity index (χ3n) is 10.9. The summed E-state index contributed by atoms with van der Waals surface area (Å²) >= 11 is 0. The fourth-order valence-electron chi connectivity index (χ4n) is 8.82. The standard InChI is InChI=1S/C47H36N2/c1-31-30-44(49(35-13-4-2-5-14-35)36-15-6-3-7-16-36)37-17-9-10-18-38(37)45(31)39-24-20-33-22-26-41-43(48-29-28-32-12-8-11-19-42(32)48)27-23-34-21-25-40(39)46(33)47(34)41/h2-27,31H,28-30H2,1H3. The van der Waals surface area contributed by atoms with Crippen LogP contribution in [0.3, 0.4) is 0 Å². The summed E-state index contributed by atoms with van der Waals surface area (Å²) in [7, 11) is 0. The molecule has 2 heteroatoms. The molecular formula is C47H36N2. The number of fused-ring (bicyclic) bond motifs is 2. The first-order valence-corrected chi connectivity index (χ1v) is 17.5. The molecule has 1 aliphatic carbocycles. The van der Waals surface area contributed by atoms with Crippen LogP contribution in [0.2, 0.25) is 0 Å². The molecule has 0 saturated heterocycles. The van der Waals surface area contributed by atoms with Crippen molar-refractivity contribution in [3.63, 3.8) is 0 Å². The van der Waals surface area contributed by atoms with Gasteiger partial charge in [-0.25, -0.2) is 0 Å². The largest absolute Gasteiger partial charge is 0.340 e. The molecule has 0 spiro atoms. The second-order valence-electron chi connectivity index (χ2n) is 13.7. The van der Waals surface area contributed by atoms with Crippen LogP contribution in [0, 0.1) is 5.92 Å². The average molecular weight is 629 g/mol. The van der Waals surface area contributed by atoms with Crippen molar-refractivity contribution >= 4 is 66.3 Å². The summed E-state index contributed by atoms with van der Waals surface area (Å²) in [5.74, 6) is 0.315. The first-order chi connectivity index (χ1) is 24.2. The van der Waals surface area contributed by atoms with Crippen LogP contribution in [0.25, 0.3) is 43.6 Å². The van der Waals surface area contributed by atoms with Crippen LogP contribution in [-0.4, -0.2) is 6.54 Å². The molecule has 10 rings (SSSR count). The van der Waals surface area contributed by atoms with Crippen LogP contribution in [0.1, 0.15) is 24.5 Å². The van der Waals surface area contributed by atoms with Crippen LogP contribution in [0.15, 0.2) is 158 Å². The third kappa shape index (κ3) is 4.34. The molecule has 1 aliphatic heterocycles. The Morgan fingerprint density at radius 1 is 0.531 bits per heavy atom. The first-order valence-electron chi connectivity index (χ1n) is 17.5. The maximum absolute atomic E-state index is 2.53. The van der Waals surface area contributed by atoms with E-state index in [1.165, 1.54) is 87.9 Å². The van der Waals surface area contributed by atoms with Crippen LogP contribution in [0.4, 0.5) is 22.7 Å². The summed E-state index contributed by atoms with van der Waals surface area (Å²) in [6, 6.07) is 58.4. The van der Waals surface area contributed by atoms with E-state index in [-0.39, 0.29) is 0 Å². The fraction of sp³-hybridized carbons (Fsp3) is 0.106. The van der Waals surface area contributed by atoms with Crippen molar-refractivity contribution in [2.75, 3.05) is 16.3 Å². The van der Waals surface area contributed by atoms with Gasteiger partial charge in [0.15, 0.2) is 0 Å². The van der Waals surface area contributed by atoms with Crippen molar-refractivity contribution in [2.24, 2.45) is 5.92 Å². The van der Waals surface area contributed by atoms with Gasteiger partial charge in [-0.05, 0) is 104 Å². The molecule has 0 N–H and O–H groups in total. The minimum Gasteiger partial charge on any atom is -0.340 e. The predicted molar refractivity (Wildman–Crippen MR) is 208 cm³/mol. The molecule has 1 atom stereocenters. The fourth-order valence-corrected chi connectivity index (χ4v) is 8.82. The molecule has 8 aromatic carbocycles. The van der Waals surface area contributed by atoms with E-state index < -0.39 is 0 Å². The lowest BCUT2D eigenvalue weighted by Gasteiger charge is -2.33. The van der Waals surface area contributed by atoms with Crippen LogP contribution in [-0.2, 0) is 6.42 Å². The Hall–Kier alpha value is -5.86. The lowest BCUT2D eigenvalue weighted by Crippen LogP contribution is -2.39. The van der Waals surface area contributed by atoms with Gasteiger partial charge in [0.2, 0.25) is 0 Å². The van der Waals surface area contributed by atoms with E-state index in [2.05, 4.69) is 174 Å². The van der Waals surface area contributed by atoms with Crippen molar-refractivity contribution in [3.8, 4) is 0 Å². The molecule has 1 unspecified atom stereocenters. The van der Waals surface area contributed by atoms with Crippen molar-refractivity contribution in [1.82, 2.24) is 0 Å². The Balaban J connectivity index is 1.23. The summed E-state index contributed by atoms with van der Waals surface area (Å²) in [5.41, 5.74) is 10.6. The zero-order valence-electron chi connectivity index (χ0n) is 27.6. The molecule has 1 heterocycles. The Kier molecular flexibility index (Phi) is 6.39. The van der Waals surface area contributed by atoms with E-state index in [4.69, 9.17) is 0 Å². The molecule has 2 aliphatic rings. The molecule has 0 aromatic heterocycles. The Bertz CT molecular complexity index is 2620. The molecule has 8 aromatic rings. The lowest BCUT2D eigenvalue weighted by atomic mass is 9.80. The number of nitrogens with zero attached hydrogens (tertiary/aromatic N) is 2. The monoisotopic (exact) mass is 628 g/mol. The summed E-state index contributed by atoms with van der Waals surface area (Å²) in [5, 5.41) is 10.7.